The number of furan rings is 1. The second-order valence-corrected chi connectivity index (χ2v) is 7.05. The van der Waals surface area contributed by atoms with E-state index in [1.165, 1.54) is 6.26 Å². The van der Waals surface area contributed by atoms with E-state index in [1.54, 1.807) is 18.2 Å². The molecule has 2 N–H and O–H groups in total. The molecule has 1 aromatic carbocycles. The van der Waals surface area contributed by atoms with Crippen molar-refractivity contribution in [3.8, 4) is 0 Å². The molecule has 27 heavy (non-hydrogen) atoms. The van der Waals surface area contributed by atoms with Crippen LogP contribution in [0, 0.1) is 6.92 Å². The molecule has 0 saturated carbocycles. The van der Waals surface area contributed by atoms with Crippen molar-refractivity contribution in [2.45, 2.75) is 38.3 Å². The number of fused-ring (bicyclic) bond motifs is 2. The zero-order chi connectivity index (χ0) is 18.1. The SMILES string of the molecule is Cc1ccc(C(=O)N2C3CCNCC2CC3)cc1NC(=O)c1ccco1.Cl. The minimum absolute atomic E-state index is 0. The molecule has 7 heteroatoms. The van der Waals surface area contributed by atoms with Gasteiger partial charge in [-0.1, -0.05) is 6.07 Å². The van der Waals surface area contributed by atoms with Crippen LogP contribution < -0.4 is 10.6 Å². The summed E-state index contributed by atoms with van der Waals surface area (Å²) in [6, 6.07) is 9.35. The highest BCUT2D eigenvalue weighted by atomic mass is 35.5. The van der Waals surface area contributed by atoms with Crippen LogP contribution in [0.15, 0.2) is 41.0 Å². The molecule has 2 atom stereocenters. The molecule has 6 nitrogen and oxygen atoms in total. The Labute approximate surface area is 164 Å². The van der Waals surface area contributed by atoms with Gasteiger partial charge >= 0.3 is 0 Å². The van der Waals surface area contributed by atoms with Gasteiger partial charge in [0.2, 0.25) is 0 Å². The Morgan fingerprint density at radius 1 is 1.19 bits per heavy atom. The fourth-order valence-corrected chi connectivity index (χ4v) is 3.94. The van der Waals surface area contributed by atoms with Crippen LogP contribution in [0.5, 0.6) is 0 Å². The van der Waals surface area contributed by atoms with Crippen LogP contribution in [0.2, 0.25) is 0 Å². The topological polar surface area (TPSA) is 74.6 Å². The summed E-state index contributed by atoms with van der Waals surface area (Å²) in [5, 5.41) is 6.26. The van der Waals surface area contributed by atoms with E-state index in [9.17, 15) is 9.59 Å². The first-order valence-corrected chi connectivity index (χ1v) is 9.12. The lowest BCUT2D eigenvalue weighted by Gasteiger charge is -2.28. The van der Waals surface area contributed by atoms with Crippen LogP contribution in [-0.4, -0.2) is 41.9 Å². The van der Waals surface area contributed by atoms with Gasteiger partial charge in [0.25, 0.3) is 11.8 Å². The summed E-state index contributed by atoms with van der Waals surface area (Å²) in [4.78, 5) is 27.5. The number of halogens is 1. The third kappa shape index (κ3) is 3.87. The Hall–Kier alpha value is -2.31. The van der Waals surface area contributed by atoms with Gasteiger partial charge in [-0.15, -0.1) is 12.4 Å². The third-order valence-electron chi connectivity index (χ3n) is 5.37. The van der Waals surface area contributed by atoms with E-state index in [-0.39, 0.29) is 36.0 Å². The zero-order valence-electron chi connectivity index (χ0n) is 15.2. The van der Waals surface area contributed by atoms with Gasteiger partial charge in [-0.2, -0.15) is 0 Å². The van der Waals surface area contributed by atoms with Crippen molar-refractivity contribution in [3.63, 3.8) is 0 Å². The van der Waals surface area contributed by atoms with Crippen LogP contribution in [0.1, 0.15) is 45.7 Å². The maximum atomic E-state index is 13.2. The van der Waals surface area contributed by atoms with Gasteiger partial charge in [-0.3, -0.25) is 9.59 Å². The predicted octanol–water partition coefficient (Wildman–Crippen LogP) is 3.23. The molecule has 2 amide bonds. The van der Waals surface area contributed by atoms with Gasteiger partial charge in [-0.25, -0.2) is 0 Å². The number of nitrogens with zero attached hydrogens (tertiary/aromatic N) is 1. The fourth-order valence-electron chi connectivity index (χ4n) is 3.94. The lowest BCUT2D eigenvalue weighted by Crippen LogP contribution is -2.42. The molecule has 2 fully saturated rings. The molecule has 2 bridgehead atoms. The second-order valence-electron chi connectivity index (χ2n) is 7.05. The first-order valence-electron chi connectivity index (χ1n) is 9.12. The van der Waals surface area contributed by atoms with E-state index in [0.29, 0.717) is 17.3 Å². The smallest absolute Gasteiger partial charge is 0.291 e. The molecule has 0 aliphatic carbocycles. The van der Waals surface area contributed by atoms with Crippen LogP contribution in [-0.2, 0) is 0 Å². The van der Waals surface area contributed by atoms with E-state index in [0.717, 1.165) is 37.9 Å². The number of hydrogen-bond acceptors (Lipinski definition) is 4. The second kappa shape index (κ2) is 8.15. The number of hydrogen-bond donors (Lipinski definition) is 2. The number of nitrogens with one attached hydrogen (secondary N) is 2. The highest BCUT2D eigenvalue weighted by Gasteiger charge is 2.38. The molecule has 1 aromatic heterocycles. The number of amides is 2. The highest BCUT2D eigenvalue weighted by Crippen LogP contribution is 2.30. The molecule has 0 spiro atoms. The molecule has 2 aliphatic rings. The average Bonchev–Trinajstić information content (AvgIpc) is 3.23. The van der Waals surface area contributed by atoms with Crippen molar-refractivity contribution in [2.24, 2.45) is 0 Å². The van der Waals surface area contributed by atoms with Crippen LogP contribution in [0.25, 0.3) is 0 Å². The number of carbonyl (C=O) groups is 2. The number of carbonyl (C=O) groups excluding carboxylic acids is 2. The third-order valence-corrected chi connectivity index (χ3v) is 5.37. The molecule has 2 unspecified atom stereocenters. The van der Waals surface area contributed by atoms with Crippen molar-refractivity contribution in [2.75, 3.05) is 18.4 Å². The summed E-state index contributed by atoms with van der Waals surface area (Å²) >= 11 is 0. The van der Waals surface area contributed by atoms with Gasteiger partial charge in [0.1, 0.15) is 0 Å². The predicted molar refractivity (Wildman–Crippen MR) is 106 cm³/mol. The summed E-state index contributed by atoms with van der Waals surface area (Å²) in [6.45, 7) is 3.73. The molecule has 2 aromatic rings. The lowest BCUT2D eigenvalue weighted by molar-refractivity contribution is 0.0680. The molecule has 4 rings (SSSR count). The van der Waals surface area contributed by atoms with Crippen LogP contribution >= 0.6 is 12.4 Å². The Morgan fingerprint density at radius 3 is 2.78 bits per heavy atom. The fraction of sp³-hybridized carbons (Fsp3) is 0.400. The Kier molecular flexibility index (Phi) is 5.87. The zero-order valence-corrected chi connectivity index (χ0v) is 16.1. The molecule has 2 saturated heterocycles. The monoisotopic (exact) mass is 389 g/mol. The van der Waals surface area contributed by atoms with E-state index in [4.69, 9.17) is 4.42 Å². The molecular weight excluding hydrogens is 366 g/mol. The largest absolute Gasteiger partial charge is 0.459 e. The minimum Gasteiger partial charge on any atom is -0.459 e. The molecule has 0 radical (unpaired) electrons. The number of rotatable bonds is 3. The van der Waals surface area contributed by atoms with Crippen molar-refractivity contribution < 1.29 is 14.0 Å². The normalized spacial score (nSPS) is 21.3. The Morgan fingerprint density at radius 2 is 2.00 bits per heavy atom. The maximum absolute atomic E-state index is 13.2. The van der Waals surface area contributed by atoms with E-state index < -0.39 is 0 Å². The van der Waals surface area contributed by atoms with E-state index >= 15 is 0 Å². The van der Waals surface area contributed by atoms with Crippen molar-refractivity contribution in [1.29, 1.82) is 0 Å². The summed E-state index contributed by atoms with van der Waals surface area (Å²) in [5.74, 6) is -0.0193. The molecule has 3 heterocycles. The number of benzene rings is 1. The molecule has 2 aliphatic heterocycles. The number of anilines is 1. The average molecular weight is 390 g/mol. The number of aryl methyl sites for hydroxylation is 1. The summed E-state index contributed by atoms with van der Waals surface area (Å²) in [6.07, 6.45) is 4.59. The summed E-state index contributed by atoms with van der Waals surface area (Å²) < 4.78 is 5.14. The molecular formula is C20H24ClN3O3. The lowest BCUT2D eigenvalue weighted by atomic mass is 10.1. The minimum atomic E-state index is -0.318. The summed E-state index contributed by atoms with van der Waals surface area (Å²) in [7, 11) is 0. The van der Waals surface area contributed by atoms with Gasteiger partial charge in [0, 0.05) is 29.9 Å². The molecule has 144 valence electrons. The van der Waals surface area contributed by atoms with Crippen LogP contribution in [0.4, 0.5) is 5.69 Å². The van der Waals surface area contributed by atoms with E-state index in [1.807, 2.05) is 24.0 Å². The van der Waals surface area contributed by atoms with Crippen LogP contribution in [0.3, 0.4) is 0 Å². The van der Waals surface area contributed by atoms with Crippen molar-refractivity contribution in [3.05, 3.63) is 53.5 Å². The quantitative estimate of drug-likeness (QED) is 0.845. The Bertz CT molecular complexity index is 808. The van der Waals surface area contributed by atoms with Crippen molar-refractivity contribution in [1.82, 2.24) is 10.2 Å². The van der Waals surface area contributed by atoms with Gasteiger partial charge < -0.3 is 20.0 Å². The first-order chi connectivity index (χ1) is 12.6. The van der Waals surface area contributed by atoms with E-state index in [2.05, 4.69) is 10.6 Å². The Balaban J connectivity index is 0.00000210. The van der Waals surface area contributed by atoms with Crippen molar-refractivity contribution >= 4 is 29.9 Å². The van der Waals surface area contributed by atoms with Gasteiger partial charge in [0.05, 0.1) is 6.26 Å². The van der Waals surface area contributed by atoms with Gasteiger partial charge in [0.15, 0.2) is 5.76 Å². The maximum Gasteiger partial charge on any atom is 0.291 e. The standard InChI is InChI=1S/C20H23N3O3.ClH/c1-13-4-5-14(11-17(13)22-19(24)18-3-2-10-26-18)20(25)23-15-6-7-16(23)12-21-9-8-15;/h2-5,10-11,15-16,21H,6-9,12H2,1H3,(H,22,24);1H. The highest BCUT2D eigenvalue weighted by molar-refractivity contribution is 6.04. The summed E-state index contributed by atoms with van der Waals surface area (Å²) in [5.41, 5.74) is 2.16. The first kappa shape index (κ1) is 19.5. The van der Waals surface area contributed by atoms with Gasteiger partial charge in [-0.05, 0) is 62.6 Å².